The van der Waals surface area contributed by atoms with Crippen molar-refractivity contribution >= 4 is 17.0 Å². The van der Waals surface area contributed by atoms with Gasteiger partial charge in [-0.15, -0.1) is 9.58 Å². The van der Waals surface area contributed by atoms with Gasteiger partial charge in [0.25, 0.3) is 0 Å². The minimum absolute atomic E-state index is 0.0375. The zero-order valence-corrected chi connectivity index (χ0v) is 21.7. The monoisotopic (exact) mass is 569 g/mol. The Bertz CT molecular complexity index is 2140. The van der Waals surface area contributed by atoms with Gasteiger partial charge in [-0.05, 0) is 35.7 Å². The molecule has 14 heteroatoms. The second kappa shape index (κ2) is 10.5. The standard InChI is InChI=1S/C28H19N5O9/c1-15-22(41-28(37)40-15)14-39-25(34)20-7-4-8-21-23(20)32(26(35)29-21)13-16-9-11-17(12-10-16)18-5-2-3-6-19(18)24-30-42-27(36)33(24)31-38/h2-12H,13-14H2,1H3,(H,29,35). The molecule has 0 bridgehead atoms. The molecular weight excluding hydrogens is 550 g/mol. The lowest BCUT2D eigenvalue weighted by atomic mass is 9.98. The molecule has 0 saturated carbocycles. The summed E-state index contributed by atoms with van der Waals surface area (Å²) < 4.78 is 21.6. The summed E-state index contributed by atoms with van der Waals surface area (Å²) >= 11 is 0. The lowest BCUT2D eigenvalue weighted by molar-refractivity contribution is 0.0444. The van der Waals surface area contributed by atoms with Crippen LogP contribution in [-0.4, -0.2) is 25.4 Å². The number of hydrogen-bond donors (Lipinski definition) is 1. The zero-order valence-electron chi connectivity index (χ0n) is 21.7. The van der Waals surface area contributed by atoms with E-state index < -0.39 is 23.2 Å². The van der Waals surface area contributed by atoms with Crippen molar-refractivity contribution in [3.8, 4) is 22.5 Å². The van der Waals surface area contributed by atoms with Crippen LogP contribution in [-0.2, 0) is 17.9 Å². The number of aryl methyl sites for hydroxylation is 1. The highest BCUT2D eigenvalue weighted by atomic mass is 16.6. The van der Waals surface area contributed by atoms with Crippen LogP contribution in [0.1, 0.15) is 27.4 Å². The van der Waals surface area contributed by atoms with E-state index in [9.17, 15) is 24.1 Å². The normalized spacial score (nSPS) is 11.2. The first-order valence-corrected chi connectivity index (χ1v) is 12.4. The molecular formula is C28H19N5O9. The zero-order chi connectivity index (χ0) is 29.4. The number of esters is 1. The summed E-state index contributed by atoms with van der Waals surface area (Å²) in [7, 11) is 0. The third-order valence-corrected chi connectivity index (χ3v) is 6.62. The highest BCUT2D eigenvalue weighted by Crippen LogP contribution is 2.31. The van der Waals surface area contributed by atoms with Gasteiger partial charge in [-0.2, -0.15) is 0 Å². The molecule has 6 aromatic rings. The maximum Gasteiger partial charge on any atom is 0.519 e. The summed E-state index contributed by atoms with van der Waals surface area (Å²) in [5, 5.41) is 6.38. The summed E-state index contributed by atoms with van der Waals surface area (Å²) in [4.78, 5) is 62.9. The summed E-state index contributed by atoms with van der Waals surface area (Å²) in [5.74, 6) is -2.37. The number of benzene rings is 3. The molecule has 14 nitrogen and oxygen atoms in total. The van der Waals surface area contributed by atoms with Crippen LogP contribution in [0.5, 0.6) is 0 Å². The Morgan fingerprint density at radius 3 is 2.45 bits per heavy atom. The van der Waals surface area contributed by atoms with Crippen LogP contribution in [0.4, 0.5) is 0 Å². The molecule has 3 heterocycles. The molecule has 0 spiro atoms. The number of carbonyl (C=O) groups excluding carboxylic acids is 1. The Kier molecular flexibility index (Phi) is 6.54. The third-order valence-electron chi connectivity index (χ3n) is 6.62. The Balaban J connectivity index is 1.30. The molecule has 0 radical (unpaired) electrons. The summed E-state index contributed by atoms with van der Waals surface area (Å²) in [6.45, 7) is 1.31. The first kappa shape index (κ1) is 26.2. The van der Waals surface area contributed by atoms with Gasteiger partial charge in [0.1, 0.15) is 0 Å². The number of carbonyl (C=O) groups is 1. The first-order chi connectivity index (χ1) is 20.3. The molecule has 1 N–H and O–H groups in total. The highest BCUT2D eigenvalue weighted by Gasteiger charge is 2.20. The number of nitrogens with one attached hydrogen (secondary N) is 1. The van der Waals surface area contributed by atoms with Crippen molar-refractivity contribution in [1.82, 2.24) is 19.4 Å². The quantitative estimate of drug-likeness (QED) is 0.210. The smallest absolute Gasteiger partial charge is 0.454 e. The average Bonchev–Trinajstić information content (AvgIpc) is 3.64. The van der Waals surface area contributed by atoms with Gasteiger partial charge in [-0.3, -0.25) is 9.09 Å². The third kappa shape index (κ3) is 4.66. The van der Waals surface area contributed by atoms with Crippen molar-refractivity contribution in [3.63, 3.8) is 0 Å². The number of nitrogens with zero attached hydrogens (tertiary/aromatic N) is 4. The number of fused-ring (bicyclic) bond motifs is 1. The van der Waals surface area contributed by atoms with Gasteiger partial charge >= 0.3 is 23.2 Å². The first-order valence-electron chi connectivity index (χ1n) is 12.4. The Morgan fingerprint density at radius 2 is 1.74 bits per heavy atom. The number of imidazole rings is 1. The molecule has 3 aromatic heterocycles. The van der Waals surface area contributed by atoms with Crippen LogP contribution < -0.4 is 17.3 Å². The lowest BCUT2D eigenvalue weighted by Crippen LogP contribution is -2.18. The van der Waals surface area contributed by atoms with E-state index in [1.54, 1.807) is 60.7 Å². The molecule has 6 rings (SSSR count). The summed E-state index contributed by atoms with van der Waals surface area (Å²) in [6, 6.07) is 19.0. The fourth-order valence-electron chi connectivity index (χ4n) is 4.63. The number of hydrogen-bond acceptors (Lipinski definition) is 11. The minimum atomic E-state index is -0.999. The van der Waals surface area contributed by atoms with Crippen molar-refractivity contribution in [3.05, 3.63) is 126 Å². The molecule has 0 aliphatic heterocycles. The molecule has 0 aliphatic rings. The fourth-order valence-corrected chi connectivity index (χ4v) is 4.63. The molecule has 0 aliphatic carbocycles. The molecule has 0 fully saturated rings. The predicted molar refractivity (Wildman–Crippen MR) is 146 cm³/mol. The van der Waals surface area contributed by atoms with Crippen molar-refractivity contribution in [2.45, 2.75) is 20.1 Å². The van der Waals surface area contributed by atoms with Crippen molar-refractivity contribution in [1.29, 1.82) is 0 Å². The van der Waals surface area contributed by atoms with Crippen LogP contribution in [0.2, 0.25) is 0 Å². The predicted octanol–water partition coefficient (Wildman–Crippen LogP) is 3.60. The van der Waals surface area contributed by atoms with Gasteiger partial charge in [-0.1, -0.05) is 59.8 Å². The minimum Gasteiger partial charge on any atom is -0.454 e. The van der Waals surface area contributed by atoms with Gasteiger partial charge in [0.2, 0.25) is 5.82 Å². The van der Waals surface area contributed by atoms with Gasteiger partial charge in [0, 0.05) is 5.56 Å². The largest absolute Gasteiger partial charge is 0.519 e. The van der Waals surface area contributed by atoms with Crippen molar-refractivity contribution in [2.24, 2.45) is 5.29 Å². The maximum atomic E-state index is 13.0. The molecule has 210 valence electrons. The lowest BCUT2D eigenvalue weighted by Gasteiger charge is -2.10. The number of rotatable bonds is 8. The number of aromatic amines is 1. The van der Waals surface area contributed by atoms with Gasteiger partial charge in [0.15, 0.2) is 18.1 Å². The fraction of sp³-hybridized carbons (Fsp3) is 0.107. The van der Waals surface area contributed by atoms with Gasteiger partial charge in [-0.25, -0.2) is 19.2 Å². The number of H-pyrrole nitrogens is 1. The van der Waals surface area contributed by atoms with Crippen molar-refractivity contribution < 1.29 is 22.9 Å². The van der Waals surface area contributed by atoms with Crippen LogP contribution in [0.3, 0.4) is 0 Å². The second-order valence-electron chi connectivity index (χ2n) is 9.14. The SMILES string of the molecule is Cc1oc(=O)oc1COC(=O)c1cccc2[nH]c(=O)n(Cc3ccc(-c4ccccc4-c4noc(=O)n4N=O)cc3)c12. The van der Waals surface area contributed by atoms with Crippen molar-refractivity contribution in [2.75, 3.05) is 0 Å². The Labute approximate surface area is 233 Å². The average molecular weight is 569 g/mol. The molecule has 3 aromatic carbocycles. The topological polar surface area (TPSA) is 185 Å². The molecule has 0 saturated heterocycles. The van der Waals surface area contributed by atoms with E-state index in [1.165, 1.54) is 17.6 Å². The van der Waals surface area contributed by atoms with E-state index in [2.05, 4.69) is 19.9 Å². The molecule has 42 heavy (non-hydrogen) atoms. The van der Waals surface area contributed by atoms with E-state index in [-0.39, 0.29) is 36.1 Å². The molecule has 0 atom stereocenters. The van der Waals surface area contributed by atoms with Gasteiger partial charge < -0.3 is 18.6 Å². The Morgan fingerprint density at radius 1 is 0.976 bits per heavy atom. The number of para-hydroxylation sites is 1. The van der Waals surface area contributed by atoms with E-state index in [4.69, 9.17) is 13.6 Å². The van der Waals surface area contributed by atoms with Crippen LogP contribution in [0, 0.1) is 11.8 Å². The Hall–Kier alpha value is -6.05. The molecule has 0 unspecified atom stereocenters. The number of ether oxygens (including phenoxy) is 1. The van der Waals surface area contributed by atoms with E-state index >= 15 is 0 Å². The summed E-state index contributed by atoms with van der Waals surface area (Å²) in [5.41, 5.74) is 3.09. The summed E-state index contributed by atoms with van der Waals surface area (Å²) in [6.07, 6.45) is 0. The van der Waals surface area contributed by atoms with Gasteiger partial charge in [0.05, 0.1) is 28.4 Å². The molecule has 0 amide bonds. The maximum absolute atomic E-state index is 13.0. The van der Waals surface area contributed by atoms with E-state index in [0.29, 0.717) is 26.8 Å². The van der Waals surface area contributed by atoms with Crippen LogP contribution in [0.25, 0.3) is 33.5 Å². The van der Waals surface area contributed by atoms with Crippen LogP contribution >= 0.6 is 0 Å². The van der Waals surface area contributed by atoms with E-state index in [1.807, 2.05) is 0 Å². The van der Waals surface area contributed by atoms with Crippen LogP contribution in [0.15, 0.2) is 99.8 Å². The number of aromatic nitrogens is 4. The number of nitroso groups, excluding NO2 is 1. The highest BCUT2D eigenvalue weighted by molar-refractivity contribution is 6.02. The second-order valence-corrected chi connectivity index (χ2v) is 9.14. The van der Waals surface area contributed by atoms with E-state index in [0.717, 1.165) is 11.1 Å².